The van der Waals surface area contributed by atoms with Gasteiger partial charge in [-0.1, -0.05) is 12.1 Å². The zero-order chi connectivity index (χ0) is 12.5. The van der Waals surface area contributed by atoms with Crippen LogP contribution in [0.4, 0.5) is 0 Å². The lowest BCUT2D eigenvalue weighted by Crippen LogP contribution is -2.31. The fourth-order valence-corrected chi connectivity index (χ4v) is 2.96. The number of nitrogens with one attached hydrogen (secondary N) is 1. The number of hydrogen-bond donors (Lipinski definition) is 1. The van der Waals surface area contributed by atoms with Crippen molar-refractivity contribution in [2.24, 2.45) is 11.8 Å². The third-order valence-electron chi connectivity index (χ3n) is 4.47. The van der Waals surface area contributed by atoms with Crippen LogP contribution in [0.5, 0.6) is 5.75 Å². The van der Waals surface area contributed by atoms with Crippen molar-refractivity contribution in [2.45, 2.75) is 39.2 Å². The molecule has 1 saturated carbocycles. The van der Waals surface area contributed by atoms with Gasteiger partial charge in [0, 0.05) is 12.5 Å². The normalized spacial score (nSPS) is 25.1. The average Bonchev–Trinajstić information content (AvgIpc) is 3.06. The molecule has 1 aromatic rings. The molecule has 18 heavy (non-hydrogen) atoms. The minimum atomic E-state index is 0.431. The summed E-state index contributed by atoms with van der Waals surface area (Å²) < 4.78 is 6.39. The van der Waals surface area contributed by atoms with Crippen molar-refractivity contribution in [1.29, 1.82) is 0 Å². The van der Waals surface area contributed by atoms with Gasteiger partial charge in [0.15, 0.2) is 0 Å². The van der Waals surface area contributed by atoms with Gasteiger partial charge >= 0.3 is 0 Å². The van der Waals surface area contributed by atoms with Gasteiger partial charge in [0.1, 0.15) is 11.9 Å². The van der Waals surface area contributed by atoms with Gasteiger partial charge in [0.25, 0.3) is 0 Å². The van der Waals surface area contributed by atoms with Crippen molar-refractivity contribution in [1.82, 2.24) is 5.32 Å². The Morgan fingerprint density at radius 2 is 2.00 bits per heavy atom. The van der Waals surface area contributed by atoms with Gasteiger partial charge in [-0.2, -0.15) is 0 Å². The predicted octanol–water partition coefficient (Wildman–Crippen LogP) is 3.07. The Morgan fingerprint density at radius 1 is 1.17 bits per heavy atom. The molecule has 1 aliphatic carbocycles. The van der Waals surface area contributed by atoms with Gasteiger partial charge in [-0.15, -0.1) is 0 Å². The molecule has 1 aromatic carbocycles. The van der Waals surface area contributed by atoms with E-state index in [1.54, 1.807) is 0 Å². The molecule has 0 amide bonds. The van der Waals surface area contributed by atoms with E-state index < -0.39 is 0 Å². The molecule has 2 nitrogen and oxygen atoms in total. The fraction of sp³-hybridized carbons (Fsp3) is 0.625. The summed E-state index contributed by atoms with van der Waals surface area (Å²) in [5.41, 5.74) is 2.63. The highest BCUT2D eigenvalue weighted by Crippen LogP contribution is 2.40. The monoisotopic (exact) mass is 245 g/mol. The highest BCUT2D eigenvalue weighted by molar-refractivity contribution is 5.38. The summed E-state index contributed by atoms with van der Waals surface area (Å²) in [6.07, 6.45) is 4.41. The Kier molecular flexibility index (Phi) is 3.29. The van der Waals surface area contributed by atoms with Crippen molar-refractivity contribution < 1.29 is 4.74 Å². The highest BCUT2D eigenvalue weighted by atomic mass is 16.5. The molecule has 2 heteroatoms. The van der Waals surface area contributed by atoms with Crippen LogP contribution in [0.15, 0.2) is 18.2 Å². The van der Waals surface area contributed by atoms with E-state index >= 15 is 0 Å². The summed E-state index contributed by atoms with van der Waals surface area (Å²) in [5, 5.41) is 3.47. The van der Waals surface area contributed by atoms with E-state index in [4.69, 9.17) is 4.74 Å². The molecule has 2 aliphatic rings. The van der Waals surface area contributed by atoms with Gasteiger partial charge in [-0.25, -0.2) is 0 Å². The summed E-state index contributed by atoms with van der Waals surface area (Å²) in [7, 11) is 0. The summed E-state index contributed by atoms with van der Waals surface area (Å²) in [5.74, 6) is 2.60. The minimum absolute atomic E-state index is 0.431. The third kappa shape index (κ3) is 2.39. The van der Waals surface area contributed by atoms with Crippen LogP contribution in [0, 0.1) is 25.7 Å². The van der Waals surface area contributed by atoms with E-state index in [9.17, 15) is 0 Å². The molecule has 1 aliphatic heterocycles. The lowest BCUT2D eigenvalue weighted by molar-refractivity contribution is 0.120. The van der Waals surface area contributed by atoms with E-state index in [0.717, 1.165) is 24.8 Å². The maximum atomic E-state index is 6.39. The Morgan fingerprint density at radius 3 is 2.67 bits per heavy atom. The Hall–Kier alpha value is -1.02. The molecule has 1 N–H and O–H groups in total. The van der Waals surface area contributed by atoms with Crippen LogP contribution in [0.3, 0.4) is 0 Å². The summed E-state index contributed by atoms with van der Waals surface area (Å²) in [4.78, 5) is 0. The number of hydrogen-bond acceptors (Lipinski definition) is 2. The lowest BCUT2D eigenvalue weighted by atomic mass is 9.97. The number of benzene rings is 1. The van der Waals surface area contributed by atoms with Crippen molar-refractivity contribution >= 4 is 0 Å². The molecule has 0 aromatic heterocycles. The van der Waals surface area contributed by atoms with Crippen LogP contribution in [-0.2, 0) is 0 Å². The van der Waals surface area contributed by atoms with E-state index in [-0.39, 0.29) is 0 Å². The molecular weight excluding hydrogens is 222 g/mol. The van der Waals surface area contributed by atoms with Crippen LogP contribution < -0.4 is 10.1 Å². The molecule has 1 unspecified atom stereocenters. The van der Waals surface area contributed by atoms with E-state index in [2.05, 4.69) is 37.4 Å². The summed E-state index contributed by atoms with van der Waals surface area (Å²) in [6.45, 7) is 6.61. The molecule has 98 valence electrons. The number of ether oxygens (including phenoxy) is 1. The van der Waals surface area contributed by atoms with E-state index in [1.165, 1.54) is 30.4 Å². The largest absolute Gasteiger partial charge is 0.490 e. The minimum Gasteiger partial charge on any atom is -0.490 e. The molecular formula is C16H23NO. The zero-order valence-corrected chi connectivity index (χ0v) is 11.4. The first-order valence-electron chi connectivity index (χ1n) is 7.19. The molecule has 2 fully saturated rings. The second-order valence-electron chi connectivity index (χ2n) is 5.87. The molecule has 1 saturated heterocycles. The molecule has 1 heterocycles. The van der Waals surface area contributed by atoms with Gasteiger partial charge in [0.05, 0.1) is 0 Å². The quantitative estimate of drug-likeness (QED) is 0.880. The van der Waals surface area contributed by atoms with Gasteiger partial charge in [-0.05, 0) is 62.8 Å². The molecule has 0 radical (unpaired) electrons. The van der Waals surface area contributed by atoms with Crippen LogP contribution in [0.2, 0.25) is 0 Å². The molecule has 0 spiro atoms. The smallest absolute Gasteiger partial charge is 0.122 e. The maximum absolute atomic E-state index is 6.39. The Bertz CT molecular complexity index is 419. The van der Waals surface area contributed by atoms with Gasteiger partial charge in [0.2, 0.25) is 0 Å². The van der Waals surface area contributed by atoms with Crippen molar-refractivity contribution in [3.63, 3.8) is 0 Å². The van der Waals surface area contributed by atoms with Crippen molar-refractivity contribution in [2.75, 3.05) is 13.1 Å². The third-order valence-corrected chi connectivity index (χ3v) is 4.47. The molecule has 0 bridgehead atoms. The first-order chi connectivity index (χ1) is 8.75. The standard InChI is InChI=1S/C16H23NO/c1-11-4-3-5-15(12(11)2)18-16(13-6-7-13)14-8-9-17-10-14/h3-5,13-14,16-17H,6-10H2,1-2H3/t14-,16?/m0/s1. The first kappa shape index (κ1) is 12.0. The van der Waals surface area contributed by atoms with Gasteiger partial charge < -0.3 is 10.1 Å². The zero-order valence-electron chi connectivity index (χ0n) is 11.4. The Labute approximate surface area is 110 Å². The van der Waals surface area contributed by atoms with Crippen LogP contribution in [-0.4, -0.2) is 19.2 Å². The van der Waals surface area contributed by atoms with E-state index in [1.807, 2.05) is 0 Å². The lowest BCUT2D eigenvalue weighted by Gasteiger charge is -2.25. The predicted molar refractivity (Wildman–Crippen MR) is 74.0 cm³/mol. The fourth-order valence-electron chi connectivity index (χ4n) is 2.96. The van der Waals surface area contributed by atoms with Crippen molar-refractivity contribution in [3.05, 3.63) is 29.3 Å². The average molecular weight is 245 g/mol. The summed E-state index contributed by atoms with van der Waals surface area (Å²) >= 11 is 0. The second-order valence-corrected chi connectivity index (χ2v) is 5.87. The summed E-state index contributed by atoms with van der Waals surface area (Å²) in [6, 6.07) is 6.39. The highest BCUT2D eigenvalue weighted by Gasteiger charge is 2.39. The van der Waals surface area contributed by atoms with Crippen molar-refractivity contribution in [3.8, 4) is 5.75 Å². The maximum Gasteiger partial charge on any atom is 0.122 e. The van der Waals surface area contributed by atoms with Crippen LogP contribution in [0.1, 0.15) is 30.4 Å². The topological polar surface area (TPSA) is 21.3 Å². The van der Waals surface area contributed by atoms with Crippen LogP contribution >= 0.6 is 0 Å². The first-order valence-corrected chi connectivity index (χ1v) is 7.19. The molecule has 3 rings (SSSR count). The SMILES string of the molecule is Cc1cccc(OC(C2CC2)[C@H]2CCNC2)c1C. The number of rotatable bonds is 4. The second kappa shape index (κ2) is 4.93. The van der Waals surface area contributed by atoms with E-state index in [0.29, 0.717) is 12.0 Å². The number of aryl methyl sites for hydroxylation is 1. The molecule has 2 atom stereocenters. The van der Waals surface area contributed by atoms with Gasteiger partial charge in [-0.3, -0.25) is 0 Å². The Balaban J connectivity index is 1.77. The van der Waals surface area contributed by atoms with Crippen LogP contribution in [0.25, 0.3) is 0 Å².